The molecule has 0 saturated heterocycles. The van der Waals surface area contributed by atoms with Gasteiger partial charge in [-0.25, -0.2) is 0 Å². The highest BCUT2D eigenvalue weighted by molar-refractivity contribution is 14.1. The largest absolute Gasteiger partial charge is 0.618 e. The third-order valence-electron chi connectivity index (χ3n) is 2.55. The van der Waals surface area contributed by atoms with E-state index in [2.05, 4.69) is 67.8 Å². The van der Waals surface area contributed by atoms with E-state index in [0.29, 0.717) is 11.3 Å². The summed E-state index contributed by atoms with van der Waals surface area (Å²) in [6.07, 6.45) is 1.53. The van der Waals surface area contributed by atoms with E-state index < -0.39 is 0 Å². The maximum Gasteiger partial charge on any atom is 0.200 e. The lowest BCUT2D eigenvalue weighted by atomic mass is 10.1. The minimum Gasteiger partial charge on any atom is -0.618 e. The van der Waals surface area contributed by atoms with E-state index in [1.165, 1.54) is 6.20 Å². The molecule has 98 valence electrons. The van der Waals surface area contributed by atoms with Gasteiger partial charge in [-0.1, -0.05) is 0 Å². The summed E-state index contributed by atoms with van der Waals surface area (Å²) in [5, 5.41) is 11.5. The summed E-state index contributed by atoms with van der Waals surface area (Å²) in [5.74, 6) is -0.0389. The van der Waals surface area contributed by atoms with Crippen molar-refractivity contribution in [1.29, 1.82) is 0 Å². The number of hydrogen-bond donors (Lipinski definition) is 0. The number of pyridine rings is 1. The van der Waals surface area contributed by atoms with Crippen LogP contribution in [0.2, 0.25) is 0 Å². The number of rotatable bonds is 3. The summed E-state index contributed by atoms with van der Waals surface area (Å²) in [7, 11) is 0. The van der Waals surface area contributed by atoms with Crippen LogP contribution in [0.15, 0.2) is 36.5 Å². The van der Waals surface area contributed by atoms with Crippen LogP contribution in [0.25, 0.3) is 0 Å². The first-order chi connectivity index (χ1) is 8.99. The van der Waals surface area contributed by atoms with Crippen LogP contribution in [0, 0.1) is 15.9 Å². The van der Waals surface area contributed by atoms with Crippen molar-refractivity contribution >= 4 is 73.6 Å². The van der Waals surface area contributed by atoms with Crippen LogP contribution in [0.4, 0.5) is 0 Å². The number of hydrogen-bond acceptors (Lipinski definition) is 2. The van der Waals surface area contributed by atoms with E-state index in [0.717, 1.165) is 15.4 Å². The van der Waals surface area contributed by atoms with E-state index in [4.69, 9.17) is 0 Å². The molecule has 0 radical (unpaired) electrons. The summed E-state index contributed by atoms with van der Waals surface area (Å²) < 4.78 is 3.99. The molecular weight excluding hydrogens is 583 g/mol. The third kappa shape index (κ3) is 3.78. The Morgan fingerprint density at radius 3 is 2.37 bits per heavy atom. The molecule has 0 N–H and O–H groups in total. The van der Waals surface area contributed by atoms with E-state index in [1.807, 2.05) is 12.1 Å². The molecule has 0 fully saturated rings. The lowest BCUT2D eigenvalue weighted by Gasteiger charge is -2.06. The molecule has 0 aliphatic carbocycles. The lowest BCUT2D eigenvalue weighted by Crippen LogP contribution is -2.32. The van der Waals surface area contributed by atoms with Gasteiger partial charge in [0.05, 0.1) is 6.42 Å². The normalized spacial score (nSPS) is 10.5. The number of benzene rings is 1. The molecule has 0 spiro atoms. The van der Waals surface area contributed by atoms with Crippen molar-refractivity contribution in [2.24, 2.45) is 0 Å². The molecule has 0 aliphatic heterocycles. The Labute approximate surface area is 151 Å². The molecule has 1 aromatic heterocycles. The van der Waals surface area contributed by atoms with Crippen molar-refractivity contribution in [2.45, 2.75) is 6.42 Å². The van der Waals surface area contributed by atoms with Gasteiger partial charge in [0, 0.05) is 28.4 Å². The highest BCUT2D eigenvalue weighted by Crippen LogP contribution is 2.23. The lowest BCUT2D eigenvalue weighted by molar-refractivity contribution is -0.613. The number of aromatic nitrogens is 1. The van der Waals surface area contributed by atoms with Gasteiger partial charge in [0.15, 0.2) is 12.0 Å². The van der Waals surface area contributed by atoms with Gasteiger partial charge in [-0.05, 0) is 86.0 Å². The molecule has 1 aromatic carbocycles. The molecule has 3 nitrogen and oxygen atoms in total. The van der Waals surface area contributed by atoms with Gasteiger partial charge in [0.1, 0.15) is 0 Å². The predicted molar refractivity (Wildman–Crippen MR) is 98.0 cm³/mol. The van der Waals surface area contributed by atoms with Crippen LogP contribution in [0.1, 0.15) is 16.1 Å². The predicted octanol–water partition coefficient (Wildman–Crippen LogP) is 3.56. The maximum atomic E-state index is 12.2. The fourth-order valence-electron chi connectivity index (χ4n) is 1.58. The van der Waals surface area contributed by atoms with Gasteiger partial charge in [-0.15, -0.1) is 0 Å². The summed E-state index contributed by atoms with van der Waals surface area (Å²) in [5.41, 5.74) is 1.12. The summed E-state index contributed by atoms with van der Waals surface area (Å²) in [4.78, 5) is 12.2. The molecule has 0 saturated carbocycles. The highest BCUT2D eigenvalue weighted by Gasteiger charge is 2.15. The van der Waals surface area contributed by atoms with Crippen LogP contribution in [-0.4, -0.2) is 5.78 Å². The molecule has 19 heavy (non-hydrogen) atoms. The SMILES string of the molecule is O=C(Cc1cccc[n+]1[O-])c1cc(I)c(I)c(I)c1. The molecular formula is C13H8I3NO2. The summed E-state index contributed by atoms with van der Waals surface area (Å²) in [6, 6.07) is 8.82. The second kappa shape index (κ2) is 6.66. The van der Waals surface area contributed by atoms with Gasteiger partial charge in [-0.2, -0.15) is 4.73 Å². The van der Waals surface area contributed by atoms with Crippen LogP contribution in [-0.2, 0) is 6.42 Å². The zero-order valence-electron chi connectivity index (χ0n) is 9.57. The first-order valence-electron chi connectivity index (χ1n) is 5.34. The smallest absolute Gasteiger partial charge is 0.200 e. The number of ketones is 1. The Hall–Kier alpha value is 0.0300. The van der Waals surface area contributed by atoms with Gasteiger partial charge >= 0.3 is 0 Å². The van der Waals surface area contributed by atoms with Gasteiger partial charge < -0.3 is 5.21 Å². The minimum absolute atomic E-state index is 0.0389. The van der Waals surface area contributed by atoms with Gasteiger partial charge in [-0.3, -0.25) is 4.79 Å². The van der Waals surface area contributed by atoms with Crippen molar-refractivity contribution in [3.05, 3.63) is 63.7 Å². The Morgan fingerprint density at radius 1 is 1.16 bits per heavy atom. The molecule has 0 amide bonds. The number of carbonyl (C=O) groups excluding carboxylic acids is 1. The molecule has 0 bridgehead atoms. The Balaban J connectivity index is 2.28. The van der Waals surface area contributed by atoms with Gasteiger partial charge in [0.25, 0.3) is 0 Å². The number of carbonyl (C=O) groups is 1. The van der Waals surface area contributed by atoms with Crippen LogP contribution in [0.5, 0.6) is 0 Å². The van der Waals surface area contributed by atoms with Crippen LogP contribution >= 0.6 is 67.8 Å². The van der Waals surface area contributed by atoms with Crippen LogP contribution in [0.3, 0.4) is 0 Å². The highest BCUT2D eigenvalue weighted by atomic mass is 127. The topological polar surface area (TPSA) is 44.0 Å². The van der Waals surface area contributed by atoms with E-state index >= 15 is 0 Å². The molecule has 0 aliphatic rings. The second-order valence-electron chi connectivity index (χ2n) is 3.87. The quantitative estimate of drug-likeness (QED) is 0.181. The van der Waals surface area contributed by atoms with Crippen molar-refractivity contribution in [1.82, 2.24) is 0 Å². The monoisotopic (exact) mass is 591 g/mol. The zero-order valence-corrected chi connectivity index (χ0v) is 16.0. The van der Waals surface area contributed by atoms with Crippen LogP contribution < -0.4 is 4.73 Å². The number of nitrogens with zero attached hydrogens (tertiary/aromatic N) is 1. The Morgan fingerprint density at radius 2 is 1.79 bits per heavy atom. The first kappa shape index (κ1) is 15.4. The molecule has 0 unspecified atom stereocenters. The van der Waals surface area contributed by atoms with Gasteiger partial charge in [0.2, 0.25) is 5.69 Å². The average molecular weight is 591 g/mol. The maximum absolute atomic E-state index is 12.2. The first-order valence-corrected chi connectivity index (χ1v) is 8.57. The second-order valence-corrected chi connectivity index (χ2v) is 7.27. The van der Waals surface area contributed by atoms with E-state index in [1.54, 1.807) is 18.2 Å². The zero-order chi connectivity index (χ0) is 14.0. The molecule has 2 aromatic rings. The summed E-state index contributed by atoms with van der Waals surface area (Å²) in [6.45, 7) is 0. The number of Topliss-reactive ketones (excluding diaryl/α,β-unsaturated/α-hetero) is 1. The Kier molecular flexibility index (Phi) is 5.40. The van der Waals surface area contributed by atoms with Crippen molar-refractivity contribution in [3.8, 4) is 0 Å². The summed E-state index contributed by atoms with van der Waals surface area (Å²) >= 11 is 6.69. The third-order valence-corrected chi connectivity index (χ3v) is 7.48. The fraction of sp³-hybridized carbons (Fsp3) is 0.0769. The van der Waals surface area contributed by atoms with Crippen molar-refractivity contribution in [2.75, 3.05) is 0 Å². The fourth-order valence-corrected chi connectivity index (χ4v) is 3.66. The molecule has 0 atom stereocenters. The average Bonchev–Trinajstić information content (AvgIpc) is 2.38. The molecule has 1 heterocycles. The van der Waals surface area contributed by atoms with Crippen molar-refractivity contribution in [3.63, 3.8) is 0 Å². The Bertz CT molecular complexity index is 621. The van der Waals surface area contributed by atoms with E-state index in [-0.39, 0.29) is 12.2 Å². The minimum atomic E-state index is -0.0389. The molecule has 2 rings (SSSR count). The molecule has 6 heteroatoms. The standard InChI is InChI=1S/C13H8I3NO2/c14-10-5-8(6-11(15)13(10)16)12(18)7-9-3-1-2-4-17(9)19/h1-6H,7H2. The number of halogens is 3. The van der Waals surface area contributed by atoms with Crippen molar-refractivity contribution < 1.29 is 9.52 Å². The van der Waals surface area contributed by atoms with E-state index in [9.17, 15) is 10.0 Å².